The molecule has 0 saturated carbocycles. The molecule has 20 heavy (non-hydrogen) atoms. The highest BCUT2D eigenvalue weighted by Crippen LogP contribution is 2.26. The zero-order valence-electron chi connectivity index (χ0n) is 10.3. The lowest BCUT2D eigenvalue weighted by Gasteiger charge is -2.15. The molecule has 1 rings (SSSR count). The number of H-pyrrole nitrogens is 1. The van der Waals surface area contributed by atoms with E-state index in [0.29, 0.717) is 6.07 Å². The lowest BCUT2D eigenvalue weighted by molar-refractivity contribution is -0.141. The largest absolute Gasteiger partial charge is 0.481 e. The minimum Gasteiger partial charge on any atom is -0.481 e. The highest BCUT2D eigenvalue weighted by Gasteiger charge is 2.32. The Balaban J connectivity index is 2.95. The summed E-state index contributed by atoms with van der Waals surface area (Å²) in [6.07, 6.45) is -5.04. The number of alkyl halides is 3. The molecule has 1 heterocycles. The molecule has 0 bridgehead atoms. The van der Waals surface area contributed by atoms with Crippen LogP contribution < -0.4 is 5.56 Å². The molecular weight excluding hydrogens is 281 g/mol. The summed E-state index contributed by atoms with van der Waals surface area (Å²) in [5, 5.41) is 8.46. The van der Waals surface area contributed by atoms with Crippen LogP contribution in [0.1, 0.15) is 22.5 Å². The van der Waals surface area contributed by atoms with Crippen LogP contribution in [0.4, 0.5) is 13.2 Å². The maximum Gasteiger partial charge on any atom is 0.431 e. The number of hydrogen-bond donors (Lipinski definition) is 2. The van der Waals surface area contributed by atoms with Crippen molar-refractivity contribution < 1.29 is 27.9 Å². The molecule has 0 aliphatic rings. The number of nitrogens with one attached hydrogen (secondary N) is 1. The van der Waals surface area contributed by atoms with Gasteiger partial charge in [0, 0.05) is 13.6 Å². The summed E-state index contributed by atoms with van der Waals surface area (Å²) in [5.41, 5.74) is -2.91. The molecule has 6 nitrogen and oxygen atoms in total. The number of aromatic nitrogens is 1. The maximum atomic E-state index is 12.3. The molecule has 1 aromatic heterocycles. The van der Waals surface area contributed by atoms with Crippen molar-refractivity contribution in [1.29, 1.82) is 0 Å². The Labute approximate surface area is 110 Å². The van der Waals surface area contributed by atoms with Crippen molar-refractivity contribution in [3.05, 3.63) is 33.7 Å². The summed E-state index contributed by atoms with van der Waals surface area (Å²) in [5.74, 6) is -1.98. The van der Waals surface area contributed by atoms with Gasteiger partial charge in [-0.2, -0.15) is 13.2 Å². The number of amides is 1. The summed E-state index contributed by atoms with van der Waals surface area (Å²) in [6.45, 7) is -0.158. The summed E-state index contributed by atoms with van der Waals surface area (Å²) < 4.78 is 37.0. The topological polar surface area (TPSA) is 90.5 Å². The lowest BCUT2D eigenvalue weighted by atomic mass is 10.2. The van der Waals surface area contributed by atoms with E-state index in [1.807, 2.05) is 0 Å². The number of carbonyl (C=O) groups is 2. The second kappa shape index (κ2) is 5.76. The molecule has 1 aromatic rings. The van der Waals surface area contributed by atoms with Gasteiger partial charge in [0.2, 0.25) is 0 Å². The van der Waals surface area contributed by atoms with Gasteiger partial charge in [-0.15, -0.1) is 0 Å². The third-order valence-electron chi connectivity index (χ3n) is 2.45. The molecule has 9 heteroatoms. The standard InChI is InChI=1S/C11H11F3N2O4/c1-16(5-4-8(17)18)10(20)6-2-3-7(11(12,13)14)15-9(6)19/h2-3H,4-5H2,1H3,(H,15,19)(H,17,18). The van der Waals surface area contributed by atoms with Gasteiger partial charge in [-0.3, -0.25) is 14.4 Å². The van der Waals surface area contributed by atoms with Gasteiger partial charge in [0.1, 0.15) is 11.3 Å². The van der Waals surface area contributed by atoms with Crippen LogP contribution in [0.25, 0.3) is 0 Å². The van der Waals surface area contributed by atoms with Crippen molar-refractivity contribution in [2.75, 3.05) is 13.6 Å². The molecule has 110 valence electrons. The Kier molecular flexibility index (Phi) is 4.53. The Morgan fingerprint density at radius 3 is 2.40 bits per heavy atom. The molecule has 2 N–H and O–H groups in total. The number of aliphatic carboxylic acids is 1. The molecule has 1 amide bonds. The van der Waals surface area contributed by atoms with Gasteiger partial charge >= 0.3 is 12.1 Å². The van der Waals surface area contributed by atoms with Crippen molar-refractivity contribution in [3.8, 4) is 0 Å². The summed E-state index contributed by atoms with van der Waals surface area (Å²) in [6, 6.07) is 1.35. The van der Waals surface area contributed by atoms with Crippen LogP contribution in [0.5, 0.6) is 0 Å². The summed E-state index contributed by atoms with van der Waals surface area (Å²) >= 11 is 0. The number of halogens is 3. The smallest absolute Gasteiger partial charge is 0.431 e. The van der Waals surface area contributed by atoms with Crippen LogP contribution in [0, 0.1) is 0 Å². The minimum absolute atomic E-state index is 0.158. The Bertz CT molecular complexity index is 580. The molecule has 0 saturated heterocycles. The second-order valence-corrected chi connectivity index (χ2v) is 3.98. The third kappa shape index (κ3) is 3.84. The minimum atomic E-state index is -4.71. The van der Waals surface area contributed by atoms with Crippen molar-refractivity contribution in [2.45, 2.75) is 12.6 Å². The first kappa shape index (κ1) is 15.7. The fourth-order valence-corrected chi connectivity index (χ4v) is 1.38. The second-order valence-electron chi connectivity index (χ2n) is 3.98. The molecule has 0 aliphatic heterocycles. The average molecular weight is 292 g/mol. The highest BCUT2D eigenvalue weighted by atomic mass is 19.4. The van der Waals surface area contributed by atoms with Gasteiger partial charge in [-0.05, 0) is 12.1 Å². The van der Waals surface area contributed by atoms with Crippen molar-refractivity contribution >= 4 is 11.9 Å². The van der Waals surface area contributed by atoms with E-state index in [1.54, 1.807) is 4.98 Å². The molecular formula is C11H11F3N2O4. The Morgan fingerprint density at radius 1 is 1.35 bits per heavy atom. The van der Waals surface area contributed by atoms with Crippen LogP contribution >= 0.6 is 0 Å². The van der Waals surface area contributed by atoms with Gasteiger partial charge < -0.3 is 15.0 Å². The van der Waals surface area contributed by atoms with Crippen LogP contribution in [-0.2, 0) is 11.0 Å². The first-order chi connectivity index (χ1) is 9.12. The zero-order chi connectivity index (χ0) is 15.5. The Morgan fingerprint density at radius 2 is 1.95 bits per heavy atom. The fourth-order valence-electron chi connectivity index (χ4n) is 1.38. The molecule has 0 fully saturated rings. The number of carboxylic acids is 1. The van der Waals surface area contributed by atoms with Gasteiger partial charge in [0.15, 0.2) is 0 Å². The van der Waals surface area contributed by atoms with Crippen molar-refractivity contribution in [3.63, 3.8) is 0 Å². The average Bonchev–Trinajstić information content (AvgIpc) is 2.33. The number of carbonyl (C=O) groups excluding carboxylic acids is 1. The van der Waals surface area contributed by atoms with Gasteiger partial charge in [0.25, 0.3) is 11.5 Å². The van der Waals surface area contributed by atoms with Crippen LogP contribution in [0.15, 0.2) is 16.9 Å². The molecule has 0 aromatic carbocycles. The number of carboxylic acid groups (broad SMARTS) is 1. The fraction of sp³-hybridized carbons (Fsp3) is 0.364. The van der Waals surface area contributed by atoms with Crippen LogP contribution in [-0.4, -0.2) is 40.5 Å². The molecule has 0 aliphatic carbocycles. The van der Waals surface area contributed by atoms with E-state index in [1.165, 1.54) is 7.05 Å². The van der Waals surface area contributed by atoms with Crippen molar-refractivity contribution in [2.24, 2.45) is 0 Å². The first-order valence-electron chi connectivity index (χ1n) is 5.40. The molecule has 0 spiro atoms. The maximum absolute atomic E-state index is 12.3. The van der Waals surface area contributed by atoms with E-state index < -0.39 is 34.9 Å². The molecule has 0 unspecified atom stereocenters. The van der Waals surface area contributed by atoms with E-state index in [4.69, 9.17) is 5.11 Å². The van der Waals surface area contributed by atoms with E-state index >= 15 is 0 Å². The summed E-state index contributed by atoms with van der Waals surface area (Å²) in [7, 11) is 1.25. The van der Waals surface area contributed by atoms with E-state index in [9.17, 15) is 27.6 Å². The zero-order valence-corrected chi connectivity index (χ0v) is 10.3. The number of nitrogens with zero attached hydrogens (tertiary/aromatic N) is 1. The quantitative estimate of drug-likeness (QED) is 0.864. The SMILES string of the molecule is CN(CCC(=O)O)C(=O)c1ccc(C(F)(F)F)[nH]c1=O. The normalized spacial score (nSPS) is 11.2. The van der Waals surface area contributed by atoms with Crippen LogP contribution in [0.3, 0.4) is 0 Å². The predicted molar refractivity (Wildman–Crippen MR) is 61.3 cm³/mol. The monoisotopic (exact) mass is 292 g/mol. The van der Waals surface area contributed by atoms with E-state index in [0.717, 1.165) is 11.0 Å². The first-order valence-corrected chi connectivity index (χ1v) is 5.40. The van der Waals surface area contributed by atoms with Gasteiger partial charge in [-0.1, -0.05) is 0 Å². The number of pyridine rings is 1. The third-order valence-corrected chi connectivity index (χ3v) is 2.45. The summed E-state index contributed by atoms with van der Waals surface area (Å²) in [4.78, 5) is 36.1. The van der Waals surface area contributed by atoms with E-state index in [-0.39, 0.29) is 13.0 Å². The Hall–Kier alpha value is -2.32. The van der Waals surface area contributed by atoms with Gasteiger partial charge in [-0.25, -0.2) is 0 Å². The van der Waals surface area contributed by atoms with E-state index in [2.05, 4.69) is 0 Å². The number of aromatic amines is 1. The predicted octanol–water partition coefficient (Wildman–Crippen LogP) is 0.940. The molecule has 0 atom stereocenters. The van der Waals surface area contributed by atoms with Gasteiger partial charge in [0.05, 0.1) is 6.42 Å². The number of hydrogen-bond acceptors (Lipinski definition) is 3. The highest BCUT2D eigenvalue weighted by molar-refractivity contribution is 5.93. The lowest BCUT2D eigenvalue weighted by Crippen LogP contribution is -2.33. The molecule has 0 radical (unpaired) electrons. The number of rotatable bonds is 4. The van der Waals surface area contributed by atoms with Crippen LogP contribution in [0.2, 0.25) is 0 Å². The van der Waals surface area contributed by atoms with Crippen molar-refractivity contribution in [1.82, 2.24) is 9.88 Å².